The van der Waals surface area contributed by atoms with E-state index in [1.807, 2.05) is 42.5 Å². The van der Waals surface area contributed by atoms with Crippen molar-refractivity contribution in [3.8, 4) is 11.4 Å². The summed E-state index contributed by atoms with van der Waals surface area (Å²) < 4.78 is 1.60. The zero-order valence-corrected chi connectivity index (χ0v) is 13.3. The summed E-state index contributed by atoms with van der Waals surface area (Å²) in [5, 5.41) is 9.83. The number of nitrogens with two attached hydrogens (primary N) is 1. The van der Waals surface area contributed by atoms with Crippen LogP contribution in [0.15, 0.2) is 77.7 Å². The fourth-order valence-corrected chi connectivity index (χ4v) is 2.77. The first-order valence-corrected chi connectivity index (χ1v) is 7.93. The molecule has 1 atom stereocenters. The molecule has 3 N–H and O–H groups in total. The van der Waals surface area contributed by atoms with Gasteiger partial charge in [0.05, 0.1) is 0 Å². The van der Waals surface area contributed by atoms with E-state index in [-0.39, 0.29) is 17.4 Å². The van der Waals surface area contributed by atoms with Crippen molar-refractivity contribution in [2.45, 2.75) is 18.9 Å². The van der Waals surface area contributed by atoms with Crippen molar-refractivity contribution >= 4 is 0 Å². The number of phenolic OH excluding ortho intramolecular Hbond substituents is 1. The largest absolute Gasteiger partial charge is 0.508 e. The predicted octanol–water partition coefficient (Wildman–Crippen LogP) is 2.66. The van der Waals surface area contributed by atoms with Crippen molar-refractivity contribution in [1.29, 1.82) is 0 Å². The molecule has 0 spiro atoms. The van der Waals surface area contributed by atoms with Crippen LogP contribution in [0.5, 0.6) is 5.75 Å². The van der Waals surface area contributed by atoms with Gasteiger partial charge in [-0.3, -0.25) is 9.36 Å². The van der Waals surface area contributed by atoms with E-state index in [0.717, 1.165) is 16.8 Å². The third-order valence-corrected chi connectivity index (χ3v) is 4.01. The maximum atomic E-state index is 11.8. The molecule has 0 saturated heterocycles. The molecule has 0 amide bonds. The van der Waals surface area contributed by atoms with E-state index >= 15 is 0 Å². The summed E-state index contributed by atoms with van der Waals surface area (Å²) in [6.45, 7) is 0. The van der Waals surface area contributed by atoms with Gasteiger partial charge in [-0.15, -0.1) is 0 Å². The smallest absolute Gasteiger partial charge is 0.255 e. The Bertz CT molecular complexity index is 869. The van der Waals surface area contributed by atoms with Crippen LogP contribution in [0.3, 0.4) is 0 Å². The summed E-state index contributed by atoms with van der Waals surface area (Å²) in [6.07, 6.45) is 3.08. The van der Waals surface area contributed by atoms with Crippen molar-refractivity contribution in [3.05, 3.63) is 94.4 Å². The quantitative estimate of drug-likeness (QED) is 0.759. The molecule has 4 nitrogen and oxygen atoms in total. The Kier molecular flexibility index (Phi) is 4.77. The lowest BCUT2D eigenvalue weighted by Gasteiger charge is -2.13. The van der Waals surface area contributed by atoms with Gasteiger partial charge in [0, 0.05) is 24.0 Å². The summed E-state index contributed by atoms with van der Waals surface area (Å²) in [5.74, 6) is 0.284. The number of pyridine rings is 1. The number of aromatic hydroxyl groups is 1. The Balaban J connectivity index is 1.69. The number of para-hydroxylation sites is 1. The van der Waals surface area contributed by atoms with Gasteiger partial charge < -0.3 is 10.8 Å². The fraction of sp³-hybridized carbons (Fsp3) is 0.150. The van der Waals surface area contributed by atoms with Crippen molar-refractivity contribution in [1.82, 2.24) is 4.57 Å². The molecule has 122 valence electrons. The summed E-state index contributed by atoms with van der Waals surface area (Å²) >= 11 is 0. The lowest BCUT2D eigenvalue weighted by atomic mass is 9.99. The molecular formula is C20H20N2O2. The molecule has 0 aliphatic carbocycles. The second-order valence-electron chi connectivity index (χ2n) is 5.87. The van der Waals surface area contributed by atoms with Gasteiger partial charge in [0.1, 0.15) is 5.75 Å². The average Bonchev–Trinajstić information content (AvgIpc) is 2.58. The molecule has 3 rings (SSSR count). The van der Waals surface area contributed by atoms with Crippen LogP contribution in [0.2, 0.25) is 0 Å². The summed E-state index contributed by atoms with van der Waals surface area (Å²) in [7, 11) is 0. The Morgan fingerprint density at radius 2 is 1.62 bits per heavy atom. The van der Waals surface area contributed by atoms with E-state index in [1.165, 1.54) is 6.07 Å². The third-order valence-electron chi connectivity index (χ3n) is 4.01. The number of nitrogens with zero attached hydrogens (tertiary/aromatic N) is 1. The van der Waals surface area contributed by atoms with Crippen LogP contribution in [0, 0.1) is 0 Å². The highest BCUT2D eigenvalue weighted by molar-refractivity contribution is 5.36. The molecule has 0 fully saturated rings. The molecule has 2 aromatic carbocycles. The molecule has 0 aliphatic rings. The van der Waals surface area contributed by atoms with Crippen molar-refractivity contribution in [2.24, 2.45) is 5.73 Å². The summed E-state index contributed by atoms with van der Waals surface area (Å²) in [4.78, 5) is 11.8. The van der Waals surface area contributed by atoms with E-state index in [0.29, 0.717) is 12.8 Å². The monoisotopic (exact) mass is 320 g/mol. The Hall–Kier alpha value is -2.85. The molecular weight excluding hydrogens is 300 g/mol. The number of benzene rings is 2. The zero-order valence-electron chi connectivity index (χ0n) is 13.3. The lowest BCUT2D eigenvalue weighted by molar-refractivity contribution is 0.464. The van der Waals surface area contributed by atoms with Crippen molar-refractivity contribution in [3.63, 3.8) is 0 Å². The van der Waals surface area contributed by atoms with Crippen molar-refractivity contribution < 1.29 is 5.11 Å². The Morgan fingerprint density at radius 1 is 0.917 bits per heavy atom. The van der Waals surface area contributed by atoms with E-state index in [4.69, 9.17) is 5.73 Å². The SMILES string of the molecule is NC(Cc1ccc(-n2ccccc2=O)cc1)Cc1ccccc1O. The first-order valence-electron chi connectivity index (χ1n) is 7.93. The van der Waals surface area contributed by atoms with Crippen LogP contribution < -0.4 is 11.3 Å². The lowest BCUT2D eigenvalue weighted by Crippen LogP contribution is -2.25. The minimum Gasteiger partial charge on any atom is -0.508 e. The molecule has 24 heavy (non-hydrogen) atoms. The van der Waals surface area contributed by atoms with Crippen molar-refractivity contribution in [2.75, 3.05) is 0 Å². The molecule has 1 heterocycles. The van der Waals surface area contributed by atoms with Gasteiger partial charge in [0.25, 0.3) is 5.56 Å². The first-order chi connectivity index (χ1) is 11.6. The highest BCUT2D eigenvalue weighted by Crippen LogP contribution is 2.18. The Morgan fingerprint density at radius 3 is 2.33 bits per heavy atom. The fourth-order valence-electron chi connectivity index (χ4n) is 2.77. The molecule has 4 heteroatoms. The summed E-state index contributed by atoms with van der Waals surface area (Å²) in [6, 6.07) is 20.1. The minimum atomic E-state index is -0.0800. The van der Waals surface area contributed by atoms with E-state index in [2.05, 4.69) is 0 Å². The van der Waals surface area contributed by atoms with Gasteiger partial charge in [0.2, 0.25) is 0 Å². The Labute approximate surface area is 140 Å². The molecule has 3 aromatic rings. The average molecular weight is 320 g/mol. The van der Waals surface area contributed by atoms with Gasteiger partial charge in [-0.1, -0.05) is 36.4 Å². The maximum Gasteiger partial charge on any atom is 0.255 e. The number of hydrogen-bond donors (Lipinski definition) is 2. The van der Waals surface area contributed by atoms with Gasteiger partial charge in [0.15, 0.2) is 0 Å². The summed E-state index contributed by atoms with van der Waals surface area (Å²) in [5.41, 5.74) is 8.95. The minimum absolute atomic E-state index is 0.0542. The van der Waals surface area contributed by atoms with E-state index in [9.17, 15) is 9.90 Å². The van der Waals surface area contributed by atoms with Crippen LogP contribution in [0.4, 0.5) is 0 Å². The van der Waals surface area contributed by atoms with Crippen LogP contribution >= 0.6 is 0 Å². The van der Waals surface area contributed by atoms with Crippen LogP contribution in [-0.2, 0) is 12.8 Å². The van der Waals surface area contributed by atoms with Crippen LogP contribution in [0.25, 0.3) is 5.69 Å². The van der Waals surface area contributed by atoms with E-state index < -0.39 is 0 Å². The second kappa shape index (κ2) is 7.15. The number of hydrogen-bond acceptors (Lipinski definition) is 3. The van der Waals surface area contributed by atoms with Gasteiger partial charge in [-0.05, 0) is 48.2 Å². The molecule has 0 radical (unpaired) electrons. The van der Waals surface area contributed by atoms with Gasteiger partial charge >= 0.3 is 0 Å². The third kappa shape index (κ3) is 3.73. The second-order valence-corrected chi connectivity index (χ2v) is 5.87. The molecule has 1 aromatic heterocycles. The first kappa shape index (κ1) is 16.0. The predicted molar refractivity (Wildman–Crippen MR) is 95.5 cm³/mol. The highest BCUT2D eigenvalue weighted by Gasteiger charge is 2.09. The molecule has 0 saturated carbocycles. The molecule has 0 bridgehead atoms. The maximum absolute atomic E-state index is 11.8. The highest BCUT2D eigenvalue weighted by atomic mass is 16.3. The number of rotatable bonds is 5. The topological polar surface area (TPSA) is 68.2 Å². The van der Waals surface area contributed by atoms with Gasteiger partial charge in [-0.25, -0.2) is 0 Å². The molecule has 0 aliphatic heterocycles. The standard InChI is InChI=1S/C20H20N2O2/c21-17(14-16-5-1-2-6-19(16)23)13-15-8-10-18(11-9-15)22-12-4-3-7-20(22)24/h1-12,17,23H,13-14,21H2. The zero-order chi connectivity index (χ0) is 16.9. The van der Waals surface area contributed by atoms with Gasteiger partial charge in [-0.2, -0.15) is 0 Å². The van der Waals surface area contributed by atoms with E-state index in [1.54, 1.807) is 29.0 Å². The number of phenols is 1. The van der Waals surface area contributed by atoms with Crippen LogP contribution in [0.1, 0.15) is 11.1 Å². The number of aromatic nitrogens is 1. The normalized spacial score (nSPS) is 12.0. The van der Waals surface area contributed by atoms with Crippen LogP contribution in [-0.4, -0.2) is 15.7 Å². The molecule has 1 unspecified atom stereocenters.